The number of fused-ring (bicyclic) bond motifs is 1. The zero-order valence-electron chi connectivity index (χ0n) is 15.1. The molecule has 2 aliphatic rings. The Labute approximate surface area is 157 Å². The molecule has 140 valence electrons. The largest absolute Gasteiger partial charge is 0.486 e. The topological polar surface area (TPSA) is 65.5 Å². The Morgan fingerprint density at radius 3 is 2.70 bits per heavy atom. The van der Waals surface area contributed by atoms with Gasteiger partial charge in [-0.25, -0.2) is 4.68 Å². The van der Waals surface area contributed by atoms with E-state index < -0.39 is 0 Å². The van der Waals surface area contributed by atoms with Crippen LogP contribution in [0.5, 0.6) is 11.5 Å². The second-order valence-corrected chi connectivity index (χ2v) is 6.96. The molecule has 1 saturated heterocycles. The summed E-state index contributed by atoms with van der Waals surface area (Å²) in [4.78, 5) is 2.46. The molecule has 0 amide bonds. The standard InChI is InChI=1S/C20H22N4O3/c1-2-8-23(7-1)17(18-4-3-9-25-18)14-24-13-16(21-22-24)15-5-6-19-20(12-15)27-11-10-26-19/h3-6,9,12-13,17H,1-2,7-8,10-11,14H2/t17-/m1/s1. The van der Waals surface area contributed by atoms with Crippen molar-refractivity contribution in [2.75, 3.05) is 26.3 Å². The normalized spacial score (nSPS) is 17.9. The van der Waals surface area contributed by atoms with Gasteiger partial charge in [-0.1, -0.05) is 5.21 Å². The molecule has 1 atom stereocenters. The molecule has 7 nitrogen and oxygen atoms in total. The first-order valence-electron chi connectivity index (χ1n) is 9.44. The molecule has 2 aromatic heterocycles. The predicted molar refractivity (Wildman–Crippen MR) is 98.7 cm³/mol. The van der Waals surface area contributed by atoms with Gasteiger partial charge in [-0.2, -0.15) is 0 Å². The first-order chi connectivity index (χ1) is 13.4. The van der Waals surface area contributed by atoms with E-state index in [0.29, 0.717) is 19.8 Å². The van der Waals surface area contributed by atoms with Gasteiger partial charge in [0, 0.05) is 5.56 Å². The van der Waals surface area contributed by atoms with Crippen molar-refractivity contribution >= 4 is 0 Å². The molecule has 0 unspecified atom stereocenters. The Hall–Kier alpha value is -2.80. The molecule has 1 aromatic carbocycles. The summed E-state index contributed by atoms with van der Waals surface area (Å²) in [6, 6.07) is 10.1. The quantitative estimate of drug-likeness (QED) is 0.691. The highest BCUT2D eigenvalue weighted by molar-refractivity contribution is 5.63. The summed E-state index contributed by atoms with van der Waals surface area (Å²) in [6.45, 7) is 4.06. The molecular weight excluding hydrogens is 344 g/mol. The molecule has 0 N–H and O–H groups in total. The molecule has 0 saturated carbocycles. The van der Waals surface area contributed by atoms with Crippen LogP contribution in [0.1, 0.15) is 24.6 Å². The van der Waals surface area contributed by atoms with Crippen LogP contribution in [-0.2, 0) is 6.54 Å². The van der Waals surface area contributed by atoms with Crippen molar-refractivity contribution in [1.82, 2.24) is 19.9 Å². The van der Waals surface area contributed by atoms with E-state index in [9.17, 15) is 0 Å². The van der Waals surface area contributed by atoms with Crippen LogP contribution in [0.3, 0.4) is 0 Å². The van der Waals surface area contributed by atoms with Crippen LogP contribution in [0.4, 0.5) is 0 Å². The van der Waals surface area contributed by atoms with Crippen molar-refractivity contribution in [2.24, 2.45) is 0 Å². The van der Waals surface area contributed by atoms with Gasteiger partial charge in [0.2, 0.25) is 0 Å². The van der Waals surface area contributed by atoms with Gasteiger partial charge in [-0.3, -0.25) is 4.90 Å². The number of hydrogen-bond donors (Lipinski definition) is 0. The average molecular weight is 366 g/mol. The number of rotatable bonds is 5. The SMILES string of the molecule is c1coc([C@@H](Cn2cc(-c3ccc4c(c3)OCCO4)nn2)N2CCCC2)c1. The smallest absolute Gasteiger partial charge is 0.162 e. The zero-order valence-corrected chi connectivity index (χ0v) is 15.1. The summed E-state index contributed by atoms with van der Waals surface area (Å²) in [5.41, 5.74) is 1.80. The highest BCUT2D eigenvalue weighted by Crippen LogP contribution is 2.34. The van der Waals surface area contributed by atoms with E-state index in [0.717, 1.165) is 41.6 Å². The summed E-state index contributed by atoms with van der Waals surface area (Å²) < 4.78 is 18.9. The lowest BCUT2D eigenvalue weighted by molar-refractivity contribution is 0.171. The van der Waals surface area contributed by atoms with E-state index in [-0.39, 0.29) is 6.04 Å². The van der Waals surface area contributed by atoms with Gasteiger partial charge >= 0.3 is 0 Å². The number of ether oxygens (including phenoxy) is 2. The summed E-state index contributed by atoms with van der Waals surface area (Å²) in [5.74, 6) is 2.52. The fraction of sp³-hybridized carbons (Fsp3) is 0.400. The van der Waals surface area contributed by atoms with E-state index in [2.05, 4.69) is 15.2 Å². The Morgan fingerprint density at radius 2 is 1.89 bits per heavy atom. The van der Waals surface area contributed by atoms with Crippen molar-refractivity contribution in [3.05, 3.63) is 48.6 Å². The van der Waals surface area contributed by atoms with E-state index in [1.165, 1.54) is 12.8 Å². The Morgan fingerprint density at radius 1 is 1.04 bits per heavy atom. The van der Waals surface area contributed by atoms with Crippen LogP contribution >= 0.6 is 0 Å². The molecule has 2 aliphatic heterocycles. The number of aromatic nitrogens is 3. The van der Waals surface area contributed by atoms with Crippen LogP contribution in [-0.4, -0.2) is 46.2 Å². The first kappa shape index (κ1) is 16.4. The van der Waals surface area contributed by atoms with E-state index in [1.807, 2.05) is 41.2 Å². The van der Waals surface area contributed by atoms with Crippen molar-refractivity contribution < 1.29 is 13.9 Å². The lowest BCUT2D eigenvalue weighted by Crippen LogP contribution is -2.29. The minimum absolute atomic E-state index is 0.178. The Kier molecular flexibility index (Phi) is 4.29. The maximum atomic E-state index is 5.70. The minimum atomic E-state index is 0.178. The third-order valence-electron chi connectivity index (χ3n) is 5.19. The van der Waals surface area contributed by atoms with Gasteiger partial charge in [0.1, 0.15) is 24.7 Å². The third kappa shape index (κ3) is 3.30. The van der Waals surface area contributed by atoms with Crippen LogP contribution in [0, 0.1) is 0 Å². The fourth-order valence-electron chi connectivity index (χ4n) is 3.82. The summed E-state index contributed by atoms with van der Waals surface area (Å²) in [7, 11) is 0. The average Bonchev–Trinajstić information content (AvgIpc) is 3.48. The van der Waals surface area contributed by atoms with E-state index in [1.54, 1.807) is 6.26 Å². The zero-order chi connectivity index (χ0) is 18.1. The van der Waals surface area contributed by atoms with Crippen molar-refractivity contribution in [2.45, 2.75) is 25.4 Å². The lowest BCUT2D eigenvalue weighted by Gasteiger charge is -2.25. The lowest BCUT2D eigenvalue weighted by atomic mass is 10.1. The molecule has 27 heavy (non-hydrogen) atoms. The molecule has 7 heteroatoms. The second-order valence-electron chi connectivity index (χ2n) is 6.96. The van der Waals surface area contributed by atoms with Gasteiger partial charge in [-0.05, 0) is 56.3 Å². The molecule has 3 aromatic rings. The van der Waals surface area contributed by atoms with Crippen LogP contribution in [0.2, 0.25) is 0 Å². The van der Waals surface area contributed by atoms with Gasteiger partial charge in [-0.15, -0.1) is 5.10 Å². The molecule has 4 heterocycles. The summed E-state index contributed by atoms with van der Waals surface area (Å²) in [6.07, 6.45) is 6.19. The monoisotopic (exact) mass is 366 g/mol. The second kappa shape index (κ2) is 7.08. The molecular formula is C20H22N4O3. The number of nitrogens with zero attached hydrogens (tertiary/aromatic N) is 4. The Balaban J connectivity index is 1.38. The van der Waals surface area contributed by atoms with Crippen LogP contribution < -0.4 is 9.47 Å². The van der Waals surface area contributed by atoms with E-state index >= 15 is 0 Å². The molecule has 5 rings (SSSR count). The predicted octanol–water partition coefficient (Wildman–Crippen LogP) is 3.15. The van der Waals surface area contributed by atoms with E-state index in [4.69, 9.17) is 13.9 Å². The van der Waals surface area contributed by atoms with Crippen LogP contribution in [0.25, 0.3) is 11.3 Å². The molecule has 0 radical (unpaired) electrons. The van der Waals surface area contributed by atoms with Gasteiger partial charge < -0.3 is 13.9 Å². The number of likely N-dealkylation sites (tertiary alicyclic amines) is 1. The first-order valence-corrected chi connectivity index (χ1v) is 9.44. The van der Waals surface area contributed by atoms with Gasteiger partial charge in [0.25, 0.3) is 0 Å². The summed E-state index contributed by atoms with van der Waals surface area (Å²) in [5, 5.41) is 8.72. The molecule has 0 bridgehead atoms. The third-order valence-corrected chi connectivity index (χ3v) is 5.19. The van der Waals surface area contributed by atoms with Crippen LogP contribution in [0.15, 0.2) is 47.2 Å². The molecule has 0 spiro atoms. The van der Waals surface area contributed by atoms with Crippen molar-refractivity contribution in [3.63, 3.8) is 0 Å². The summed E-state index contributed by atoms with van der Waals surface area (Å²) >= 11 is 0. The van der Waals surface area contributed by atoms with Crippen molar-refractivity contribution in [1.29, 1.82) is 0 Å². The van der Waals surface area contributed by atoms with Gasteiger partial charge in [0.05, 0.1) is 25.0 Å². The molecule has 1 fully saturated rings. The highest BCUT2D eigenvalue weighted by atomic mass is 16.6. The maximum absolute atomic E-state index is 5.70. The fourth-order valence-corrected chi connectivity index (χ4v) is 3.82. The number of furan rings is 1. The maximum Gasteiger partial charge on any atom is 0.162 e. The number of hydrogen-bond acceptors (Lipinski definition) is 6. The van der Waals surface area contributed by atoms with Crippen molar-refractivity contribution in [3.8, 4) is 22.8 Å². The Bertz CT molecular complexity index is 900. The van der Waals surface area contributed by atoms with Gasteiger partial charge in [0.15, 0.2) is 11.5 Å². The highest BCUT2D eigenvalue weighted by Gasteiger charge is 2.26. The minimum Gasteiger partial charge on any atom is -0.486 e. The molecule has 0 aliphatic carbocycles. The number of benzene rings is 1.